The molecule has 1 unspecified atom stereocenters. The minimum atomic E-state index is 0.385. The van der Waals surface area contributed by atoms with E-state index in [2.05, 4.69) is 77.5 Å². The van der Waals surface area contributed by atoms with Crippen molar-refractivity contribution in [1.82, 2.24) is 10.3 Å². The van der Waals surface area contributed by atoms with Gasteiger partial charge in [-0.05, 0) is 35.2 Å². The third-order valence-corrected chi connectivity index (χ3v) is 5.57. The van der Waals surface area contributed by atoms with Gasteiger partial charge in [0.25, 0.3) is 0 Å². The molecule has 1 N–H and O–H groups in total. The number of ether oxygens (including phenoxy) is 1. The largest absolute Gasteiger partial charge is 0.375 e. The number of rotatable bonds is 2. The van der Waals surface area contributed by atoms with Gasteiger partial charge in [0.1, 0.15) is 0 Å². The molecule has 4 aromatic rings. The molecular formula is C26H26N2OS. The summed E-state index contributed by atoms with van der Waals surface area (Å²) in [7, 11) is 0. The second-order valence-corrected chi connectivity index (χ2v) is 7.89. The molecule has 30 heavy (non-hydrogen) atoms. The minimum Gasteiger partial charge on any atom is -0.375 e. The topological polar surface area (TPSA) is 34.1 Å². The van der Waals surface area contributed by atoms with E-state index in [-0.39, 0.29) is 0 Å². The highest BCUT2D eigenvalue weighted by molar-refractivity contribution is 7.80. The van der Waals surface area contributed by atoms with Crippen LogP contribution in [-0.2, 0) is 24.3 Å². The second-order valence-electron chi connectivity index (χ2n) is 7.40. The van der Waals surface area contributed by atoms with Crippen LogP contribution in [0.4, 0.5) is 0 Å². The highest BCUT2D eigenvalue weighted by Crippen LogP contribution is 2.18. The van der Waals surface area contributed by atoms with Crippen LogP contribution in [0.25, 0.3) is 10.9 Å². The third-order valence-electron chi connectivity index (χ3n) is 5.21. The van der Waals surface area contributed by atoms with Gasteiger partial charge in [0.2, 0.25) is 0 Å². The van der Waals surface area contributed by atoms with Crippen LogP contribution in [0.5, 0.6) is 0 Å². The molecule has 0 fully saturated rings. The molecule has 2 heterocycles. The van der Waals surface area contributed by atoms with Crippen molar-refractivity contribution >= 4 is 23.5 Å². The summed E-state index contributed by atoms with van der Waals surface area (Å²) < 4.78 is 5.82. The van der Waals surface area contributed by atoms with Crippen molar-refractivity contribution in [2.75, 3.05) is 6.61 Å². The first-order valence-electron chi connectivity index (χ1n) is 10.2. The second kappa shape index (κ2) is 10.4. The van der Waals surface area contributed by atoms with Gasteiger partial charge >= 0.3 is 0 Å². The van der Waals surface area contributed by atoms with Gasteiger partial charge in [-0.1, -0.05) is 72.8 Å². The summed E-state index contributed by atoms with van der Waals surface area (Å²) in [5, 5.41) is 4.74. The van der Waals surface area contributed by atoms with Crippen molar-refractivity contribution in [1.29, 1.82) is 0 Å². The average molecular weight is 415 g/mol. The fourth-order valence-corrected chi connectivity index (χ4v) is 3.89. The van der Waals surface area contributed by atoms with E-state index in [1.165, 1.54) is 16.7 Å². The number of fused-ring (bicyclic) bond motifs is 2. The van der Waals surface area contributed by atoms with Gasteiger partial charge in [0.15, 0.2) is 0 Å². The lowest BCUT2D eigenvalue weighted by molar-refractivity contribution is 0.0926. The lowest BCUT2D eigenvalue weighted by Gasteiger charge is -2.23. The van der Waals surface area contributed by atoms with E-state index < -0.39 is 0 Å². The lowest BCUT2D eigenvalue weighted by Crippen LogP contribution is -2.36. The first-order chi connectivity index (χ1) is 14.8. The van der Waals surface area contributed by atoms with Gasteiger partial charge in [-0.2, -0.15) is 0 Å². The van der Waals surface area contributed by atoms with E-state index in [1.54, 1.807) is 6.20 Å². The number of hydrogen-bond acceptors (Lipinski definition) is 4. The molecule has 0 saturated carbocycles. The van der Waals surface area contributed by atoms with Crippen molar-refractivity contribution in [3.05, 3.63) is 108 Å². The molecule has 1 aromatic heterocycles. The number of nitrogens with zero attached hydrogens (tertiary/aromatic N) is 1. The SMILES string of the molecule is Sc1cccc2cccnc12.c1ccc(CC2COCc3ccccc3CN2)cc1. The Morgan fingerprint density at radius 2 is 1.63 bits per heavy atom. The Morgan fingerprint density at radius 1 is 0.867 bits per heavy atom. The van der Waals surface area contributed by atoms with Gasteiger partial charge in [0.05, 0.1) is 18.7 Å². The summed E-state index contributed by atoms with van der Waals surface area (Å²) >= 11 is 4.29. The molecule has 0 saturated heterocycles. The standard InChI is InChI=1S/C17H19NO.C9H7NS/c1-2-6-14(7-3-1)10-17-13-19-12-16-9-5-4-8-15(16)11-18-17;11-8-5-1-3-7-4-2-6-10-9(7)8/h1-9,17-18H,10-13H2;1-6,11H. The lowest BCUT2D eigenvalue weighted by atomic mass is 10.0. The molecule has 0 radical (unpaired) electrons. The third kappa shape index (κ3) is 5.48. The number of pyridine rings is 1. The molecule has 5 rings (SSSR count). The first kappa shape index (κ1) is 20.6. The van der Waals surface area contributed by atoms with E-state index in [0.29, 0.717) is 6.04 Å². The van der Waals surface area contributed by atoms with Crippen LogP contribution in [0.2, 0.25) is 0 Å². The number of para-hydroxylation sites is 1. The molecule has 4 heteroatoms. The van der Waals surface area contributed by atoms with Gasteiger partial charge in [-0.25, -0.2) is 0 Å². The van der Waals surface area contributed by atoms with Crippen molar-refractivity contribution in [2.45, 2.75) is 30.5 Å². The molecule has 0 spiro atoms. The summed E-state index contributed by atoms with van der Waals surface area (Å²) in [5.74, 6) is 0. The van der Waals surface area contributed by atoms with E-state index >= 15 is 0 Å². The maximum Gasteiger partial charge on any atom is 0.0835 e. The van der Waals surface area contributed by atoms with Crippen LogP contribution in [0.1, 0.15) is 16.7 Å². The van der Waals surface area contributed by atoms with Crippen LogP contribution in [0.3, 0.4) is 0 Å². The van der Waals surface area contributed by atoms with Crippen molar-refractivity contribution in [2.24, 2.45) is 0 Å². The molecule has 3 nitrogen and oxygen atoms in total. The Labute approximate surface area is 183 Å². The number of benzene rings is 3. The van der Waals surface area contributed by atoms with Gasteiger partial charge in [-0.15, -0.1) is 12.6 Å². The number of thiol groups is 1. The Hall–Kier alpha value is -2.66. The Kier molecular flexibility index (Phi) is 7.14. The molecule has 0 bridgehead atoms. The minimum absolute atomic E-state index is 0.385. The van der Waals surface area contributed by atoms with Gasteiger partial charge in [-0.3, -0.25) is 4.98 Å². The monoisotopic (exact) mass is 414 g/mol. The highest BCUT2D eigenvalue weighted by Gasteiger charge is 2.14. The summed E-state index contributed by atoms with van der Waals surface area (Å²) in [6, 6.07) is 29.4. The molecule has 1 aliphatic heterocycles. The zero-order valence-electron chi connectivity index (χ0n) is 16.9. The highest BCUT2D eigenvalue weighted by atomic mass is 32.1. The number of hydrogen-bond donors (Lipinski definition) is 2. The van der Waals surface area contributed by atoms with E-state index in [1.807, 2.05) is 30.3 Å². The van der Waals surface area contributed by atoms with Crippen molar-refractivity contribution < 1.29 is 4.74 Å². The van der Waals surface area contributed by atoms with E-state index in [4.69, 9.17) is 4.74 Å². The van der Waals surface area contributed by atoms with Crippen LogP contribution in [0.15, 0.2) is 96.0 Å². The van der Waals surface area contributed by atoms with Crippen LogP contribution in [0, 0.1) is 0 Å². The van der Waals surface area contributed by atoms with Gasteiger partial charge in [0, 0.05) is 29.1 Å². The molecule has 1 atom stereocenters. The predicted molar refractivity (Wildman–Crippen MR) is 126 cm³/mol. The molecular weight excluding hydrogens is 388 g/mol. The van der Waals surface area contributed by atoms with Crippen molar-refractivity contribution in [3.63, 3.8) is 0 Å². The Morgan fingerprint density at radius 3 is 2.47 bits per heavy atom. The molecule has 0 amide bonds. The van der Waals surface area contributed by atoms with Crippen LogP contribution >= 0.6 is 12.6 Å². The number of aromatic nitrogens is 1. The first-order valence-corrected chi connectivity index (χ1v) is 10.7. The number of nitrogens with one attached hydrogen (secondary N) is 1. The van der Waals surface area contributed by atoms with Crippen LogP contribution < -0.4 is 5.32 Å². The summed E-state index contributed by atoms with van der Waals surface area (Å²) in [6.45, 7) is 2.42. The Bertz CT molecular complexity index is 1080. The quantitative estimate of drug-likeness (QED) is 0.429. The smallest absolute Gasteiger partial charge is 0.0835 e. The molecule has 0 aliphatic carbocycles. The maximum atomic E-state index is 5.82. The normalized spacial score (nSPS) is 16.0. The van der Waals surface area contributed by atoms with E-state index in [9.17, 15) is 0 Å². The fraction of sp³-hybridized carbons (Fsp3) is 0.192. The Balaban J connectivity index is 0.000000168. The average Bonchev–Trinajstić information content (AvgIpc) is 2.78. The van der Waals surface area contributed by atoms with E-state index in [0.717, 1.165) is 42.0 Å². The van der Waals surface area contributed by atoms with Crippen molar-refractivity contribution in [3.8, 4) is 0 Å². The molecule has 1 aliphatic rings. The summed E-state index contributed by atoms with van der Waals surface area (Å²) in [5.41, 5.74) is 4.98. The summed E-state index contributed by atoms with van der Waals surface area (Å²) in [6.07, 6.45) is 2.80. The zero-order chi connectivity index (χ0) is 20.6. The molecule has 152 valence electrons. The van der Waals surface area contributed by atoms with Gasteiger partial charge < -0.3 is 10.1 Å². The molecule has 3 aromatic carbocycles. The fourth-order valence-electron chi connectivity index (χ4n) is 3.61. The predicted octanol–water partition coefficient (Wildman–Crippen LogP) is 5.44. The van der Waals surface area contributed by atoms with Crippen LogP contribution in [-0.4, -0.2) is 17.6 Å². The zero-order valence-corrected chi connectivity index (χ0v) is 17.8. The maximum absolute atomic E-state index is 5.82. The summed E-state index contributed by atoms with van der Waals surface area (Å²) in [4.78, 5) is 5.14.